The lowest BCUT2D eigenvalue weighted by atomic mass is 9.98. The summed E-state index contributed by atoms with van der Waals surface area (Å²) in [6, 6.07) is 13.8. The lowest BCUT2D eigenvalue weighted by Crippen LogP contribution is -2.22. The highest BCUT2D eigenvalue weighted by Crippen LogP contribution is 2.32. The lowest BCUT2D eigenvalue weighted by molar-refractivity contribution is 0.628. The van der Waals surface area contributed by atoms with Crippen molar-refractivity contribution in [3.8, 4) is 0 Å². The lowest BCUT2D eigenvalue weighted by Gasteiger charge is -2.28. The Balaban J connectivity index is 1.92. The first-order valence-corrected chi connectivity index (χ1v) is 7.60. The molecule has 0 bridgehead atoms. The third-order valence-electron chi connectivity index (χ3n) is 4.10. The van der Waals surface area contributed by atoms with Gasteiger partial charge in [0, 0.05) is 29.6 Å². The van der Waals surface area contributed by atoms with Gasteiger partial charge in [0.2, 0.25) is 0 Å². The normalized spacial score (nSPS) is 17.0. The number of hydrogen-bond donors (Lipinski definition) is 1. The van der Waals surface area contributed by atoms with Crippen LogP contribution in [0.15, 0.2) is 42.5 Å². The minimum atomic E-state index is -0.196. The van der Waals surface area contributed by atoms with Gasteiger partial charge in [-0.1, -0.05) is 0 Å². The maximum absolute atomic E-state index is 13.1. The molecule has 1 heterocycles. The molecule has 0 saturated heterocycles. The first-order valence-electron chi connectivity index (χ1n) is 7.60. The summed E-state index contributed by atoms with van der Waals surface area (Å²) in [5.41, 5.74) is 4.80. The van der Waals surface area contributed by atoms with E-state index in [1.54, 1.807) is 0 Å². The second-order valence-electron chi connectivity index (χ2n) is 5.65. The Morgan fingerprint density at radius 3 is 2.57 bits per heavy atom. The van der Waals surface area contributed by atoms with Gasteiger partial charge in [0.1, 0.15) is 5.82 Å². The number of aryl methyl sites for hydroxylation is 1. The first kappa shape index (κ1) is 13.9. The van der Waals surface area contributed by atoms with Crippen molar-refractivity contribution >= 4 is 17.1 Å². The van der Waals surface area contributed by atoms with E-state index in [9.17, 15) is 4.39 Å². The van der Waals surface area contributed by atoms with Crippen molar-refractivity contribution in [2.75, 3.05) is 16.8 Å². The van der Waals surface area contributed by atoms with Crippen LogP contribution < -0.4 is 10.2 Å². The molecule has 2 aromatic carbocycles. The molecule has 0 radical (unpaired) electrons. The predicted molar refractivity (Wildman–Crippen MR) is 86.9 cm³/mol. The van der Waals surface area contributed by atoms with Crippen molar-refractivity contribution in [2.24, 2.45) is 0 Å². The maximum Gasteiger partial charge on any atom is 0.123 e. The summed E-state index contributed by atoms with van der Waals surface area (Å²) in [4.78, 5) is 2.21. The van der Waals surface area contributed by atoms with Crippen molar-refractivity contribution in [1.82, 2.24) is 0 Å². The quantitative estimate of drug-likeness (QED) is 0.876. The van der Waals surface area contributed by atoms with E-state index in [-0.39, 0.29) is 5.82 Å². The summed E-state index contributed by atoms with van der Waals surface area (Å²) in [5, 5.41) is 3.52. The number of nitrogens with zero attached hydrogens (tertiary/aromatic N) is 1. The molecule has 110 valence electrons. The highest BCUT2D eigenvalue weighted by molar-refractivity contribution is 5.68. The van der Waals surface area contributed by atoms with E-state index in [2.05, 4.69) is 42.3 Å². The summed E-state index contributed by atoms with van der Waals surface area (Å²) in [5.74, 6) is -0.196. The van der Waals surface area contributed by atoms with Crippen LogP contribution in [0.3, 0.4) is 0 Å². The van der Waals surface area contributed by atoms with Gasteiger partial charge in [-0.2, -0.15) is 0 Å². The molecule has 1 aliphatic heterocycles. The van der Waals surface area contributed by atoms with Crippen molar-refractivity contribution in [2.45, 2.75) is 32.7 Å². The van der Waals surface area contributed by atoms with Gasteiger partial charge in [0.25, 0.3) is 0 Å². The number of fused-ring (bicyclic) bond motifs is 1. The van der Waals surface area contributed by atoms with Crippen LogP contribution in [0, 0.1) is 5.82 Å². The highest BCUT2D eigenvalue weighted by Gasteiger charge is 2.16. The van der Waals surface area contributed by atoms with Gasteiger partial charge in [-0.3, -0.25) is 0 Å². The zero-order valence-corrected chi connectivity index (χ0v) is 12.6. The fraction of sp³-hybridized carbons (Fsp3) is 0.333. The Kier molecular flexibility index (Phi) is 3.82. The Morgan fingerprint density at radius 1 is 1.14 bits per heavy atom. The van der Waals surface area contributed by atoms with E-state index >= 15 is 0 Å². The molecule has 0 saturated carbocycles. The molecular formula is C18H21FN2. The second kappa shape index (κ2) is 5.76. The molecular weight excluding hydrogens is 263 g/mol. The Bertz CT molecular complexity index is 622. The molecule has 3 heteroatoms. The number of benzene rings is 2. The SMILES string of the molecule is CCN(c1ccc(F)cc1)c1ccc2c(c1)CCC(C)N2. The first-order chi connectivity index (χ1) is 10.2. The molecule has 1 unspecified atom stereocenters. The van der Waals surface area contributed by atoms with Crippen LogP contribution in [-0.4, -0.2) is 12.6 Å². The molecule has 1 aliphatic rings. The second-order valence-corrected chi connectivity index (χ2v) is 5.65. The minimum absolute atomic E-state index is 0.196. The van der Waals surface area contributed by atoms with Gasteiger partial charge in [-0.05, 0) is 74.7 Å². The smallest absolute Gasteiger partial charge is 0.123 e. The van der Waals surface area contributed by atoms with Gasteiger partial charge < -0.3 is 10.2 Å². The predicted octanol–water partition coefficient (Wildman–Crippen LogP) is 4.73. The molecule has 3 rings (SSSR count). The van der Waals surface area contributed by atoms with Crippen molar-refractivity contribution in [1.29, 1.82) is 0 Å². The molecule has 0 aromatic heterocycles. The van der Waals surface area contributed by atoms with E-state index in [4.69, 9.17) is 0 Å². The van der Waals surface area contributed by atoms with Crippen LogP contribution in [0.5, 0.6) is 0 Å². The molecule has 0 spiro atoms. The van der Waals surface area contributed by atoms with Crippen LogP contribution in [0.1, 0.15) is 25.8 Å². The molecule has 2 nitrogen and oxygen atoms in total. The molecule has 21 heavy (non-hydrogen) atoms. The Hall–Kier alpha value is -2.03. The zero-order chi connectivity index (χ0) is 14.8. The minimum Gasteiger partial charge on any atom is -0.382 e. The van der Waals surface area contributed by atoms with Crippen molar-refractivity contribution < 1.29 is 4.39 Å². The van der Waals surface area contributed by atoms with Gasteiger partial charge >= 0.3 is 0 Å². The number of nitrogens with one attached hydrogen (secondary N) is 1. The van der Waals surface area contributed by atoms with E-state index < -0.39 is 0 Å². The average molecular weight is 284 g/mol. The standard InChI is InChI=1S/C18H21FN2/c1-3-21(16-8-6-15(19)7-9-16)17-10-11-18-14(12-17)5-4-13(2)20-18/h6-13,20H,3-5H2,1-2H3. The van der Waals surface area contributed by atoms with E-state index in [1.165, 1.54) is 35.5 Å². The van der Waals surface area contributed by atoms with E-state index in [0.29, 0.717) is 6.04 Å². The largest absolute Gasteiger partial charge is 0.382 e. The summed E-state index contributed by atoms with van der Waals surface area (Å²) in [6.45, 7) is 5.19. The van der Waals surface area contributed by atoms with Crippen LogP contribution in [-0.2, 0) is 6.42 Å². The third kappa shape index (κ3) is 2.87. The van der Waals surface area contributed by atoms with Gasteiger partial charge in [0.15, 0.2) is 0 Å². The Labute approximate surface area is 125 Å². The van der Waals surface area contributed by atoms with Crippen LogP contribution in [0.2, 0.25) is 0 Å². The molecule has 0 aliphatic carbocycles. The fourth-order valence-corrected chi connectivity index (χ4v) is 2.94. The van der Waals surface area contributed by atoms with Gasteiger partial charge in [0.05, 0.1) is 0 Å². The summed E-state index contributed by atoms with van der Waals surface area (Å²) < 4.78 is 13.1. The van der Waals surface area contributed by atoms with Gasteiger partial charge in [-0.25, -0.2) is 4.39 Å². The number of halogens is 1. The molecule has 2 aromatic rings. The topological polar surface area (TPSA) is 15.3 Å². The summed E-state index contributed by atoms with van der Waals surface area (Å²) in [7, 11) is 0. The average Bonchev–Trinajstić information content (AvgIpc) is 2.50. The monoisotopic (exact) mass is 284 g/mol. The Morgan fingerprint density at radius 2 is 1.86 bits per heavy atom. The van der Waals surface area contributed by atoms with E-state index in [1.807, 2.05) is 12.1 Å². The van der Waals surface area contributed by atoms with Crippen LogP contribution in [0.25, 0.3) is 0 Å². The zero-order valence-electron chi connectivity index (χ0n) is 12.6. The van der Waals surface area contributed by atoms with Crippen molar-refractivity contribution in [3.63, 3.8) is 0 Å². The van der Waals surface area contributed by atoms with Crippen LogP contribution >= 0.6 is 0 Å². The van der Waals surface area contributed by atoms with Gasteiger partial charge in [-0.15, -0.1) is 0 Å². The molecule has 0 fully saturated rings. The van der Waals surface area contributed by atoms with E-state index in [0.717, 1.165) is 18.7 Å². The maximum atomic E-state index is 13.1. The van der Waals surface area contributed by atoms with Crippen molar-refractivity contribution in [3.05, 3.63) is 53.8 Å². The fourth-order valence-electron chi connectivity index (χ4n) is 2.94. The number of anilines is 3. The summed E-state index contributed by atoms with van der Waals surface area (Å²) >= 11 is 0. The van der Waals surface area contributed by atoms with Crippen LogP contribution in [0.4, 0.5) is 21.5 Å². The molecule has 1 atom stereocenters. The number of rotatable bonds is 3. The molecule has 0 amide bonds. The third-order valence-corrected chi connectivity index (χ3v) is 4.10. The number of hydrogen-bond acceptors (Lipinski definition) is 2. The summed E-state index contributed by atoms with van der Waals surface area (Å²) in [6.07, 6.45) is 2.28. The highest BCUT2D eigenvalue weighted by atomic mass is 19.1. The molecule has 1 N–H and O–H groups in total.